The van der Waals surface area contributed by atoms with Gasteiger partial charge < -0.3 is 9.84 Å². The molecule has 250 valence electrons. The van der Waals surface area contributed by atoms with Gasteiger partial charge in [0.1, 0.15) is 0 Å². The van der Waals surface area contributed by atoms with Gasteiger partial charge >= 0.3 is 11.4 Å². The van der Waals surface area contributed by atoms with Gasteiger partial charge in [-0.25, -0.2) is 28.4 Å². The second-order valence-corrected chi connectivity index (χ2v) is 13.1. The molecule has 8 rings (SSSR count). The highest BCUT2D eigenvalue weighted by atomic mass is 35.5. The van der Waals surface area contributed by atoms with Crippen molar-refractivity contribution in [3.8, 4) is 17.2 Å². The van der Waals surface area contributed by atoms with E-state index in [1.807, 2.05) is 48.6 Å². The Labute approximate surface area is 291 Å². The fourth-order valence-corrected chi connectivity index (χ4v) is 8.24. The van der Waals surface area contributed by atoms with Gasteiger partial charge in [0.25, 0.3) is 0 Å². The maximum atomic E-state index is 15.2. The number of aromatic nitrogens is 3. The van der Waals surface area contributed by atoms with Gasteiger partial charge in [-0.1, -0.05) is 90.5 Å². The summed E-state index contributed by atoms with van der Waals surface area (Å²) in [4.78, 5) is 59.2. The van der Waals surface area contributed by atoms with Crippen molar-refractivity contribution in [3.05, 3.63) is 158 Å². The van der Waals surface area contributed by atoms with E-state index in [0.29, 0.717) is 27.5 Å². The molecule has 0 radical (unpaired) electrons. The van der Waals surface area contributed by atoms with Crippen LogP contribution in [0, 0.1) is 11.8 Å². The van der Waals surface area contributed by atoms with Gasteiger partial charge in [-0.3, -0.25) is 9.59 Å². The Morgan fingerprint density at radius 1 is 0.860 bits per heavy atom. The smallest absolute Gasteiger partial charge is 0.352 e. The molecule has 3 heterocycles. The first-order valence-electron chi connectivity index (χ1n) is 16.2. The lowest BCUT2D eigenvalue weighted by molar-refractivity contribution is -0.124. The average molecular weight is 687 g/mol. The first kappa shape index (κ1) is 31.4. The molecular formula is C39H31ClN4O6. The lowest BCUT2D eigenvalue weighted by atomic mass is 9.54. The van der Waals surface area contributed by atoms with Crippen LogP contribution in [0.2, 0.25) is 5.02 Å². The number of phenols is 1. The van der Waals surface area contributed by atoms with E-state index in [2.05, 4.69) is 0 Å². The zero-order chi connectivity index (χ0) is 34.7. The van der Waals surface area contributed by atoms with Crippen LogP contribution in [0.5, 0.6) is 11.5 Å². The number of phenolic OH excluding ortho intramolecular Hbond substituents is 1. The minimum Gasteiger partial charge on any atom is -0.504 e. The molecule has 1 N–H and O–H groups in total. The van der Waals surface area contributed by atoms with Gasteiger partial charge in [0, 0.05) is 10.9 Å². The Morgan fingerprint density at radius 2 is 1.58 bits per heavy atom. The number of anilines is 1. The number of aromatic hydroxyl groups is 1. The van der Waals surface area contributed by atoms with Crippen molar-refractivity contribution in [3.63, 3.8) is 0 Å². The van der Waals surface area contributed by atoms with E-state index in [-0.39, 0.29) is 24.5 Å². The molecule has 1 aliphatic carbocycles. The molecule has 1 saturated heterocycles. The van der Waals surface area contributed by atoms with Crippen LogP contribution in [-0.4, -0.2) is 38.0 Å². The number of fused-ring (bicyclic) bond motifs is 4. The quantitative estimate of drug-likeness (QED) is 0.186. The third-order valence-corrected chi connectivity index (χ3v) is 10.4. The number of nitrogens with zero attached hydrogens (tertiary/aromatic N) is 4. The van der Waals surface area contributed by atoms with Crippen LogP contribution in [0.15, 0.2) is 130 Å². The summed E-state index contributed by atoms with van der Waals surface area (Å²) in [5, 5.41) is 10.6. The van der Waals surface area contributed by atoms with E-state index in [1.165, 1.54) is 27.4 Å². The second kappa shape index (κ2) is 11.9. The minimum atomic E-state index is -1.41. The van der Waals surface area contributed by atoms with Crippen molar-refractivity contribution < 1.29 is 19.4 Å². The van der Waals surface area contributed by atoms with Crippen molar-refractivity contribution in [1.29, 1.82) is 0 Å². The molecule has 3 aliphatic rings. The summed E-state index contributed by atoms with van der Waals surface area (Å²) in [5.74, 6) is -2.22. The SMILES string of the molecule is COc1cc(C=CC2C3=CCn4c(=O)n(-c5ccccc5)c(=O)n4C3CC3C(=O)N(c4cccc(Cl)c4)C(=O)C23c2ccccc2)ccc1O. The highest BCUT2D eigenvalue weighted by Gasteiger charge is 2.67. The third-order valence-electron chi connectivity index (χ3n) is 10.2. The summed E-state index contributed by atoms with van der Waals surface area (Å²) in [5.41, 5.74) is 0.442. The third kappa shape index (κ3) is 4.55. The maximum absolute atomic E-state index is 15.2. The number of methoxy groups -OCH3 is 1. The van der Waals surface area contributed by atoms with Crippen molar-refractivity contribution in [1.82, 2.24) is 13.9 Å². The fraction of sp³-hybridized carbons (Fsp3) is 0.179. The normalized spacial score (nSPS) is 22.6. The number of amides is 2. The molecule has 2 amide bonds. The predicted octanol–water partition coefficient (Wildman–Crippen LogP) is 5.51. The molecular weight excluding hydrogens is 656 g/mol. The van der Waals surface area contributed by atoms with E-state index in [1.54, 1.807) is 66.7 Å². The molecule has 11 heteroatoms. The molecule has 5 aromatic rings. The molecule has 4 aromatic carbocycles. The summed E-state index contributed by atoms with van der Waals surface area (Å²) in [6, 6.07) is 28.8. The largest absolute Gasteiger partial charge is 0.504 e. The Hall–Kier alpha value is -5.87. The molecule has 10 nitrogen and oxygen atoms in total. The van der Waals surface area contributed by atoms with Crippen LogP contribution in [-0.2, 0) is 21.5 Å². The highest BCUT2D eigenvalue weighted by molar-refractivity contribution is 6.32. The number of benzene rings is 4. The number of allylic oxidation sites excluding steroid dienone is 3. The van der Waals surface area contributed by atoms with E-state index in [9.17, 15) is 19.5 Å². The van der Waals surface area contributed by atoms with Crippen LogP contribution in [0.25, 0.3) is 11.8 Å². The van der Waals surface area contributed by atoms with E-state index in [4.69, 9.17) is 16.3 Å². The fourth-order valence-electron chi connectivity index (χ4n) is 8.05. The molecule has 4 unspecified atom stereocenters. The Kier molecular flexibility index (Phi) is 7.49. The summed E-state index contributed by atoms with van der Waals surface area (Å²) in [6.45, 7) is 0.0901. The monoisotopic (exact) mass is 686 g/mol. The van der Waals surface area contributed by atoms with Crippen LogP contribution in [0.1, 0.15) is 23.6 Å². The molecule has 2 aliphatic heterocycles. The first-order chi connectivity index (χ1) is 24.2. The summed E-state index contributed by atoms with van der Waals surface area (Å²) in [7, 11) is 1.46. The average Bonchev–Trinajstić information content (AvgIpc) is 3.53. The molecule has 0 bridgehead atoms. The lowest BCUT2D eigenvalue weighted by Gasteiger charge is -2.48. The van der Waals surface area contributed by atoms with Gasteiger partial charge in [0.15, 0.2) is 11.5 Å². The summed E-state index contributed by atoms with van der Waals surface area (Å²) >= 11 is 6.38. The summed E-state index contributed by atoms with van der Waals surface area (Å²) in [6.07, 6.45) is 5.73. The van der Waals surface area contributed by atoms with Gasteiger partial charge in [0.05, 0.1) is 42.4 Å². The van der Waals surface area contributed by atoms with Crippen molar-refractivity contribution in [2.75, 3.05) is 12.0 Å². The van der Waals surface area contributed by atoms with Crippen LogP contribution in [0.3, 0.4) is 0 Å². The van der Waals surface area contributed by atoms with E-state index in [0.717, 1.165) is 10.1 Å². The molecule has 2 fully saturated rings. The standard InChI is InChI=1S/C39H31ClN4O6/c1-50-34-21-24(16-18-33(34)45)15-17-30-29-19-20-41-37(48)43(27-12-6-3-7-13-27)38(49)44(41)32(29)23-31-35(46)42(28-14-8-11-26(40)22-28)36(47)39(30,31)25-9-4-2-5-10-25/h2-19,21-22,30-32,45H,20,23H2,1H3. The lowest BCUT2D eigenvalue weighted by Crippen LogP contribution is -2.53. The van der Waals surface area contributed by atoms with Crippen LogP contribution >= 0.6 is 11.6 Å². The molecule has 50 heavy (non-hydrogen) atoms. The number of ether oxygens (including phenoxy) is 1. The molecule has 0 spiro atoms. The number of rotatable bonds is 6. The predicted molar refractivity (Wildman–Crippen MR) is 189 cm³/mol. The molecule has 1 aromatic heterocycles. The van der Waals surface area contributed by atoms with Gasteiger partial charge in [-0.15, -0.1) is 0 Å². The van der Waals surface area contributed by atoms with E-state index < -0.39 is 46.5 Å². The Bertz CT molecular complexity index is 2360. The topological polar surface area (TPSA) is 116 Å². The Balaban J connectivity index is 1.37. The maximum Gasteiger partial charge on any atom is 0.352 e. The second-order valence-electron chi connectivity index (χ2n) is 12.6. The number of para-hydroxylation sites is 1. The number of carbonyl (C=O) groups is 2. The zero-order valence-corrected chi connectivity index (χ0v) is 27.6. The van der Waals surface area contributed by atoms with E-state index >= 15 is 4.79 Å². The Morgan fingerprint density at radius 3 is 2.30 bits per heavy atom. The summed E-state index contributed by atoms with van der Waals surface area (Å²) < 4.78 is 9.34. The van der Waals surface area contributed by atoms with Crippen LogP contribution in [0.4, 0.5) is 5.69 Å². The van der Waals surface area contributed by atoms with Gasteiger partial charge in [-0.05, 0) is 65.6 Å². The van der Waals surface area contributed by atoms with Gasteiger partial charge in [-0.2, -0.15) is 0 Å². The highest BCUT2D eigenvalue weighted by Crippen LogP contribution is 2.59. The first-order valence-corrected chi connectivity index (χ1v) is 16.6. The number of hydrogen-bond donors (Lipinski definition) is 1. The van der Waals surface area contributed by atoms with Crippen molar-refractivity contribution >= 4 is 35.2 Å². The molecule has 1 saturated carbocycles. The van der Waals surface area contributed by atoms with Crippen molar-refractivity contribution in [2.24, 2.45) is 11.8 Å². The minimum absolute atomic E-state index is 0.0211. The number of imide groups is 1. The number of hydrogen-bond acceptors (Lipinski definition) is 6. The van der Waals surface area contributed by atoms with Crippen molar-refractivity contribution in [2.45, 2.75) is 24.4 Å². The number of carbonyl (C=O) groups excluding carboxylic acids is 2. The molecule has 4 atom stereocenters. The number of halogens is 1. The zero-order valence-electron chi connectivity index (χ0n) is 26.8. The van der Waals surface area contributed by atoms with Gasteiger partial charge in [0.2, 0.25) is 11.8 Å². The van der Waals surface area contributed by atoms with Crippen LogP contribution < -0.4 is 21.0 Å².